The van der Waals surface area contributed by atoms with Crippen LogP contribution in [0.2, 0.25) is 0 Å². The molecule has 4 rings (SSSR count). The van der Waals surface area contributed by atoms with Crippen molar-refractivity contribution in [1.82, 2.24) is 5.48 Å². The Kier molecular flexibility index (Phi) is 2.09. The van der Waals surface area contributed by atoms with E-state index >= 15 is 0 Å². The molecule has 2 bridgehead atoms. The first-order valence-corrected chi connectivity index (χ1v) is 6.71. The average Bonchev–Trinajstić information content (AvgIpc) is 2.76. The van der Waals surface area contributed by atoms with E-state index in [4.69, 9.17) is 15.3 Å². The van der Waals surface area contributed by atoms with Gasteiger partial charge in [0.05, 0.1) is 12.2 Å². The molecule has 0 spiro atoms. The van der Waals surface area contributed by atoms with E-state index in [0.717, 1.165) is 24.2 Å². The standard InChI is InChI=1S/C13H18N2O3/c1-5(14)13(16)18-15-9-3-6-2-7(9)8-4-10-12(17-10)11(6)8/h6-12,15H,1-4,14H2. The maximum absolute atomic E-state index is 11.3. The summed E-state index contributed by atoms with van der Waals surface area (Å²) in [5.74, 6) is 2.36. The molecule has 0 amide bonds. The van der Waals surface area contributed by atoms with E-state index in [-0.39, 0.29) is 11.7 Å². The number of hydrogen-bond acceptors (Lipinski definition) is 5. The van der Waals surface area contributed by atoms with Crippen molar-refractivity contribution >= 4 is 5.97 Å². The maximum Gasteiger partial charge on any atom is 0.372 e. The van der Waals surface area contributed by atoms with E-state index in [0.29, 0.717) is 18.1 Å². The second kappa shape index (κ2) is 3.48. The van der Waals surface area contributed by atoms with Gasteiger partial charge in [-0.2, -0.15) is 0 Å². The third-order valence-corrected chi connectivity index (χ3v) is 5.31. The first kappa shape index (κ1) is 10.8. The van der Waals surface area contributed by atoms with Crippen LogP contribution >= 0.6 is 0 Å². The van der Waals surface area contributed by atoms with E-state index in [1.165, 1.54) is 12.8 Å². The second-order valence-corrected chi connectivity index (χ2v) is 6.15. The van der Waals surface area contributed by atoms with Gasteiger partial charge in [0.2, 0.25) is 0 Å². The molecule has 1 heterocycles. The summed E-state index contributed by atoms with van der Waals surface area (Å²) in [6.07, 6.45) is 4.63. The van der Waals surface area contributed by atoms with E-state index < -0.39 is 5.97 Å². The number of fused-ring (bicyclic) bond motifs is 7. The highest BCUT2D eigenvalue weighted by molar-refractivity contribution is 5.86. The Labute approximate surface area is 106 Å². The molecule has 3 saturated carbocycles. The monoisotopic (exact) mass is 250 g/mol. The summed E-state index contributed by atoms with van der Waals surface area (Å²) in [7, 11) is 0. The van der Waals surface area contributed by atoms with Crippen molar-refractivity contribution in [3.63, 3.8) is 0 Å². The number of epoxide rings is 1. The molecule has 98 valence electrons. The van der Waals surface area contributed by atoms with E-state index in [2.05, 4.69) is 12.1 Å². The molecule has 3 aliphatic carbocycles. The van der Waals surface area contributed by atoms with Crippen LogP contribution in [-0.4, -0.2) is 24.2 Å². The zero-order valence-corrected chi connectivity index (χ0v) is 10.2. The maximum atomic E-state index is 11.3. The minimum Gasteiger partial charge on any atom is -0.393 e. The van der Waals surface area contributed by atoms with Gasteiger partial charge in [-0.1, -0.05) is 6.58 Å². The Morgan fingerprint density at radius 1 is 1.33 bits per heavy atom. The number of carbonyl (C=O) groups excluding carboxylic acids is 1. The third kappa shape index (κ3) is 1.37. The number of nitrogens with two attached hydrogens (primary N) is 1. The summed E-state index contributed by atoms with van der Waals surface area (Å²) in [4.78, 5) is 16.2. The molecule has 0 aromatic heterocycles. The topological polar surface area (TPSA) is 76.9 Å². The Morgan fingerprint density at radius 2 is 2.17 bits per heavy atom. The van der Waals surface area contributed by atoms with Crippen molar-refractivity contribution in [2.75, 3.05) is 0 Å². The predicted molar refractivity (Wildman–Crippen MR) is 62.8 cm³/mol. The molecule has 7 atom stereocenters. The first-order valence-electron chi connectivity index (χ1n) is 6.71. The molecule has 7 unspecified atom stereocenters. The van der Waals surface area contributed by atoms with Gasteiger partial charge in [0, 0.05) is 6.04 Å². The van der Waals surface area contributed by atoms with Crippen LogP contribution in [0.1, 0.15) is 19.3 Å². The van der Waals surface area contributed by atoms with Gasteiger partial charge in [0.25, 0.3) is 0 Å². The van der Waals surface area contributed by atoms with Crippen LogP contribution in [0.15, 0.2) is 12.3 Å². The zero-order valence-electron chi connectivity index (χ0n) is 10.2. The molecule has 0 aromatic carbocycles. The van der Waals surface area contributed by atoms with Crippen LogP contribution in [0.25, 0.3) is 0 Å². The molecule has 1 aliphatic heterocycles. The van der Waals surface area contributed by atoms with Crippen LogP contribution in [0.3, 0.4) is 0 Å². The van der Waals surface area contributed by atoms with Crippen molar-refractivity contribution in [2.45, 2.75) is 37.5 Å². The van der Waals surface area contributed by atoms with Crippen LogP contribution in [0.4, 0.5) is 0 Å². The van der Waals surface area contributed by atoms with Gasteiger partial charge in [-0.3, -0.25) is 0 Å². The molecule has 1 saturated heterocycles. The second-order valence-electron chi connectivity index (χ2n) is 6.15. The lowest BCUT2D eigenvalue weighted by Gasteiger charge is -2.32. The van der Waals surface area contributed by atoms with E-state index in [9.17, 15) is 4.79 Å². The average molecular weight is 250 g/mol. The minimum atomic E-state index is -0.563. The van der Waals surface area contributed by atoms with E-state index in [1.54, 1.807) is 0 Å². The van der Waals surface area contributed by atoms with Crippen molar-refractivity contribution in [3.8, 4) is 0 Å². The number of carbonyl (C=O) groups is 1. The molecule has 0 aromatic rings. The SMILES string of the molecule is C=C(N)C(=O)ONC1CC2CC1C1CC3OC3C21. The lowest BCUT2D eigenvalue weighted by Crippen LogP contribution is -2.42. The smallest absolute Gasteiger partial charge is 0.372 e. The van der Waals surface area contributed by atoms with Gasteiger partial charge >= 0.3 is 5.97 Å². The third-order valence-electron chi connectivity index (χ3n) is 5.31. The fourth-order valence-corrected chi connectivity index (χ4v) is 4.66. The van der Waals surface area contributed by atoms with Crippen LogP contribution in [-0.2, 0) is 14.4 Å². The minimum absolute atomic E-state index is 0.0564. The van der Waals surface area contributed by atoms with Crippen molar-refractivity contribution in [2.24, 2.45) is 29.4 Å². The van der Waals surface area contributed by atoms with E-state index in [1.807, 2.05) is 0 Å². The van der Waals surface area contributed by atoms with Gasteiger partial charge in [0.1, 0.15) is 5.70 Å². The highest BCUT2D eigenvalue weighted by Crippen LogP contribution is 2.64. The van der Waals surface area contributed by atoms with Crippen LogP contribution in [0.5, 0.6) is 0 Å². The number of hydroxylamine groups is 1. The van der Waals surface area contributed by atoms with Gasteiger partial charge < -0.3 is 15.3 Å². The normalized spacial score (nSPS) is 50.8. The Morgan fingerprint density at radius 3 is 2.94 bits per heavy atom. The Bertz CT molecular complexity index is 424. The Hall–Kier alpha value is -1.07. The van der Waals surface area contributed by atoms with Crippen molar-refractivity contribution in [3.05, 3.63) is 12.3 Å². The van der Waals surface area contributed by atoms with Gasteiger partial charge in [-0.05, 0) is 42.9 Å². The van der Waals surface area contributed by atoms with Crippen molar-refractivity contribution in [1.29, 1.82) is 0 Å². The molecule has 3 N–H and O–H groups in total. The lowest BCUT2D eigenvalue weighted by atomic mass is 9.78. The summed E-state index contributed by atoms with van der Waals surface area (Å²) in [5, 5.41) is 0. The molecule has 5 heteroatoms. The summed E-state index contributed by atoms with van der Waals surface area (Å²) in [6, 6.07) is 0.289. The first-order chi connectivity index (χ1) is 8.65. The number of ether oxygens (including phenoxy) is 1. The largest absolute Gasteiger partial charge is 0.393 e. The van der Waals surface area contributed by atoms with Crippen LogP contribution in [0, 0.1) is 23.7 Å². The van der Waals surface area contributed by atoms with Gasteiger partial charge in [-0.15, -0.1) is 5.48 Å². The van der Waals surface area contributed by atoms with Crippen LogP contribution < -0.4 is 11.2 Å². The summed E-state index contributed by atoms with van der Waals surface area (Å²) < 4.78 is 5.65. The summed E-state index contributed by atoms with van der Waals surface area (Å²) in [6.45, 7) is 3.36. The Balaban J connectivity index is 1.39. The number of rotatable bonds is 3. The highest BCUT2D eigenvalue weighted by Gasteiger charge is 2.66. The lowest BCUT2D eigenvalue weighted by molar-refractivity contribution is -0.149. The molecule has 4 aliphatic rings. The molecular formula is C13H18N2O3. The quantitative estimate of drug-likeness (QED) is 0.428. The van der Waals surface area contributed by atoms with Gasteiger partial charge in [0.15, 0.2) is 0 Å². The molecule has 0 radical (unpaired) electrons. The molecule has 5 nitrogen and oxygen atoms in total. The van der Waals surface area contributed by atoms with Crippen molar-refractivity contribution < 1.29 is 14.4 Å². The highest BCUT2D eigenvalue weighted by atomic mass is 16.7. The molecule has 4 fully saturated rings. The summed E-state index contributed by atoms with van der Waals surface area (Å²) in [5.41, 5.74) is 8.13. The number of nitrogens with one attached hydrogen (secondary N) is 1. The molecular weight excluding hydrogens is 232 g/mol. The fourth-order valence-electron chi connectivity index (χ4n) is 4.66. The summed E-state index contributed by atoms with van der Waals surface area (Å²) >= 11 is 0. The fraction of sp³-hybridized carbons (Fsp3) is 0.769. The molecule has 18 heavy (non-hydrogen) atoms. The number of hydrogen-bond donors (Lipinski definition) is 2. The van der Waals surface area contributed by atoms with Gasteiger partial charge in [-0.25, -0.2) is 4.79 Å². The predicted octanol–water partition coefficient (Wildman–Crippen LogP) is 0.318. The zero-order chi connectivity index (χ0) is 12.4.